The molecular weight excluding hydrogens is 284 g/mol. The molecule has 0 N–H and O–H groups in total. The topological polar surface area (TPSA) is 51.6 Å². The van der Waals surface area contributed by atoms with Crippen LogP contribution in [0, 0.1) is 6.92 Å². The summed E-state index contributed by atoms with van der Waals surface area (Å²) in [5.74, 6) is 0. The summed E-state index contributed by atoms with van der Waals surface area (Å²) in [7, 11) is 0. The third kappa shape index (κ3) is 2.44. The molecule has 0 saturated heterocycles. The molecule has 4 heteroatoms. The highest BCUT2D eigenvalue weighted by Gasteiger charge is 2.14. The average Bonchev–Trinajstić information content (AvgIpc) is 2.63. The summed E-state index contributed by atoms with van der Waals surface area (Å²) >= 11 is 0. The first kappa shape index (κ1) is 13.5. The first-order chi connectivity index (χ1) is 11.3. The summed E-state index contributed by atoms with van der Waals surface area (Å²) < 4.78 is 0. The van der Waals surface area contributed by atoms with Crippen molar-refractivity contribution >= 4 is 11.2 Å². The molecule has 0 aliphatic rings. The van der Waals surface area contributed by atoms with Gasteiger partial charge in [-0.15, -0.1) is 0 Å². The van der Waals surface area contributed by atoms with Gasteiger partial charge < -0.3 is 0 Å². The van der Waals surface area contributed by atoms with Crippen LogP contribution in [-0.4, -0.2) is 19.9 Å². The van der Waals surface area contributed by atoms with Crippen LogP contribution in [0.3, 0.4) is 0 Å². The summed E-state index contributed by atoms with van der Waals surface area (Å²) in [6.07, 6.45) is 1.53. The lowest BCUT2D eigenvalue weighted by molar-refractivity contribution is 1.10. The van der Waals surface area contributed by atoms with Gasteiger partial charge in [0.15, 0.2) is 5.65 Å². The van der Waals surface area contributed by atoms with Gasteiger partial charge in [0.25, 0.3) is 0 Å². The number of hydrogen-bond donors (Lipinski definition) is 0. The number of aromatic nitrogens is 4. The van der Waals surface area contributed by atoms with E-state index in [1.54, 1.807) is 0 Å². The third-order valence-electron chi connectivity index (χ3n) is 3.75. The highest BCUT2D eigenvalue weighted by Crippen LogP contribution is 2.30. The Hall–Kier alpha value is -3.14. The van der Waals surface area contributed by atoms with Crippen molar-refractivity contribution in [3.05, 3.63) is 72.7 Å². The van der Waals surface area contributed by atoms with Gasteiger partial charge in [-0.05, 0) is 6.92 Å². The lowest BCUT2D eigenvalue weighted by Gasteiger charge is -2.10. The van der Waals surface area contributed by atoms with Gasteiger partial charge in [-0.3, -0.25) is 0 Å². The van der Waals surface area contributed by atoms with E-state index >= 15 is 0 Å². The van der Waals surface area contributed by atoms with Crippen LogP contribution in [0.5, 0.6) is 0 Å². The average molecular weight is 298 g/mol. The fourth-order valence-corrected chi connectivity index (χ4v) is 2.59. The van der Waals surface area contributed by atoms with Crippen LogP contribution in [0.1, 0.15) is 5.69 Å². The second-order valence-electron chi connectivity index (χ2n) is 5.28. The van der Waals surface area contributed by atoms with E-state index in [-0.39, 0.29) is 0 Å². The van der Waals surface area contributed by atoms with Gasteiger partial charge >= 0.3 is 0 Å². The highest BCUT2D eigenvalue weighted by atomic mass is 15.0. The quantitative estimate of drug-likeness (QED) is 0.560. The number of hydrogen-bond acceptors (Lipinski definition) is 4. The van der Waals surface area contributed by atoms with Gasteiger partial charge in [-0.2, -0.15) is 0 Å². The molecule has 4 rings (SSSR count). The van der Waals surface area contributed by atoms with Gasteiger partial charge in [0, 0.05) is 11.1 Å². The molecule has 2 aromatic carbocycles. The predicted octanol–water partition coefficient (Wildman–Crippen LogP) is 4.06. The highest BCUT2D eigenvalue weighted by molar-refractivity contribution is 5.85. The number of aryl methyl sites for hydroxylation is 1. The number of nitrogens with zero attached hydrogens (tertiary/aromatic N) is 4. The monoisotopic (exact) mass is 298 g/mol. The smallest absolute Gasteiger partial charge is 0.182 e. The van der Waals surface area contributed by atoms with Gasteiger partial charge in [-0.25, -0.2) is 19.9 Å². The summed E-state index contributed by atoms with van der Waals surface area (Å²) in [6.45, 7) is 1.93. The van der Waals surface area contributed by atoms with E-state index in [4.69, 9.17) is 9.97 Å². The second-order valence-corrected chi connectivity index (χ2v) is 5.28. The second kappa shape index (κ2) is 5.57. The Labute approximate surface area is 133 Å². The molecule has 4 nitrogen and oxygen atoms in total. The summed E-state index contributed by atoms with van der Waals surface area (Å²) in [6, 6.07) is 20.2. The minimum absolute atomic E-state index is 0.621. The molecule has 4 aromatic rings. The maximum Gasteiger partial charge on any atom is 0.182 e. The van der Waals surface area contributed by atoms with Crippen molar-refractivity contribution < 1.29 is 0 Å². The molecule has 2 aromatic heterocycles. The van der Waals surface area contributed by atoms with Crippen molar-refractivity contribution in [2.75, 3.05) is 0 Å². The molecule has 110 valence electrons. The first-order valence-electron chi connectivity index (χ1n) is 7.43. The van der Waals surface area contributed by atoms with E-state index < -0.39 is 0 Å². The molecule has 0 aliphatic carbocycles. The molecule has 0 amide bonds. The van der Waals surface area contributed by atoms with E-state index in [0.717, 1.165) is 33.7 Å². The molecule has 0 atom stereocenters. The SMILES string of the molecule is Cc1ncnc2nc(-c3ccccc3)c(-c3ccccc3)nc12. The van der Waals surface area contributed by atoms with E-state index in [1.165, 1.54) is 6.33 Å². The summed E-state index contributed by atoms with van der Waals surface area (Å²) in [5, 5.41) is 0. The molecule has 23 heavy (non-hydrogen) atoms. The van der Waals surface area contributed by atoms with E-state index in [0.29, 0.717) is 5.65 Å². The molecule has 0 bridgehead atoms. The Bertz CT molecular complexity index is 966. The van der Waals surface area contributed by atoms with E-state index in [9.17, 15) is 0 Å². The van der Waals surface area contributed by atoms with Crippen molar-refractivity contribution in [2.45, 2.75) is 6.92 Å². The van der Waals surface area contributed by atoms with Crippen molar-refractivity contribution in [1.29, 1.82) is 0 Å². The zero-order chi connectivity index (χ0) is 15.6. The molecule has 0 aliphatic heterocycles. The van der Waals surface area contributed by atoms with Gasteiger partial charge in [0.05, 0.1) is 17.1 Å². The standard InChI is InChI=1S/C19H14N4/c1-13-16-19(21-12-20-13)23-18(15-10-6-3-7-11-15)17(22-16)14-8-4-2-5-9-14/h2-12H,1H3. The number of benzene rings is 2. The summed E-state index contributed by atoms with van der Waals surface area (Å²) in [4.78, 5) is 18.1. The molecule has 0 unspecified atom stereocenters. The van der Waals surface area contributed by atoms with Gasteiger partial charge in [-0.1, -0.05) is 60.7 Å². The molecule has 2 heterocycles. The van der Waals surface area contributed by atoms with E-state index in [1.807, 2.05) is 67.6 Å². The largest absolute Gasteiger partial charge is 0.240 e. The Morgan fingerprint density at radius 3 is 1.83 bits per heavy atom. The Morgan fingerprint density at radius 2 is 1.22 bits per heavy atom. The zero-order valence-corrected chi connectivity index (χ0v) is 12.6. The van der Waals surface area contributed by atoms with Crippen LogP contribution in [-0.2, 0) is 0 Å². The Morgan fingerprint density at radius 1 is 0.652 bits per heavy atom. The Kier molecular flexibility index (Phi) is 3.27. The Balaban J connectivity index is 2.07. The maximum absolute atomic E-state index is 4.83. The lowest BCUT2D eigenvalue weighted by atomic mass is 10.0. The zero-order valence-electron chi connectivity index (χ0n) is 12.6. The fourth-order valence-electron chi connectivity index (χ4n) is 2.59. The van der Waals surface area contributed by atoms with Crippen LogP contribution in [0.25, 0.3) is 33.7 Å². The van der Waals surface area contributed by atoms with Gasteiger partial charge in [0.2, 0.25) is 0 Å². The lowest BCUT2D eigenvalue weighted by Crippen LogP contribution is -1.99. The molecule has 0 saturated carbocycles. The number of fused-ring (bicyclic) bond motifs is 1. The van der Waals surface area contributed by atoms with Crippen molar-refractivity contribution in [1.82, 2.24) is 19.9 Å². The van der Waals surface area contributed by atoms with Crippen LogP contribution in [0.4, 0.5) is 0 Å². The molecular formula is C19H14N4. The maximum atomic E-state index is 4.83. The summed E-state index contributed by atoms with van der Waals surface area (Å²) in [5.41, 5.74) is 5.94. The van der Waals surface area contributed by atoms with E-state index in [2.05, 4.69) is 9.97 Å². The molecule has 0 fully saturated rings. The minimum atomic E-state index is 0.621. The van der Waals surface area contributed by atoms with Crippen LogP contribution in [0.2, 0.25) is 0 Å². The van der Waals surface area contributed by atoms with Gasteiger partial charge in [0.1, 0.15) is 11.8 Å². The van der Waals surface area contributed by atoms with Crippen LogP contribution in [0.15, 0.2) is 67.0 Å². The molecule has 0 spiro atoms. The number of rotatable bonds is 2. The van der Waals surface area contributed by atoms with Crippen molar-refractivity contribution in [2.24, 2.45) is 0 Å². The normalized spacial score (nSPS) is 10.8. The fraction of sp³-hybridized carbons (Fsp3) is 0.0526. The van der Waals surface area contributed by atoms with Crippen LogP contribution < -0.4 is 0 Å². The predicted molar refractivity (Wildman–Crippen MR) is 90.7 cm³/mol. The van der Waals surface area contributed by atoms with Crippen LogP contribution >= 0.6 is 0 Å². The van der Waals surface area contributed by atoms with Crippen molar-refractivity contribution in [3.63, 3.8) is 0 Å². The molecule has 0 radical (unpaired) electrons. The third-order valence-corrected chi connectivity index (χ3v) is 3.75. The van der Waals surface area contributed by atoms with Crippen molar-refractivity contribution in [3.8, 4) is 22.5 Å². The first-order valence-corrected chi connectivity index (χ1v) is 7.43. The minimum Gasteiger partial charge on any atom is -0.240 e.